The molecule has 2 N–H and O–H groups in total. The molecule has 1 saturated heterocycles. The van der Waals surface area contributed by atoms with Crippen LogP contribution in [0.3, 0.4) is 0 Å². The van der Waals surface area contributed by atoms with Crippen LogP contribution in [-0.4, -0.2) is 49.2 Å². The lowest BCUT2D eigenvalue weighted by Gasteiger charge is -2.28. The van der Waals surface area contributed by atoms with E-state index in [0.717, 1.165) is 32.4 Å². The fourth-order valence-electron chi connectivity index (χ4n) is 3.22. The van der Waals surface area contributed by atoms with Crippen LogP contribution in [-0.2, 0) is 6.54 Å². The van der Waals surface area contributed by atoms with Crippen molar-refractivity contribution in [2.45, 2.75) is 39.7 Å². The van der Waals surface area contributed by atoms with E-state index in [1.807, 2.05) is 18.7 Å². The monoisotopic (exact) mass is 432 g/mol. The van der Waals surface area contributed by atoms with Crippen LogP contribution in [0.15, 0.2) is 18.2 Å². The number of nitrogens with zero attached hydrogens (tertiary/aromatic N) is 6. The molecule has 160 valence electrons. The van der Waals surface area contributed by atoms with Crippen LogP contribution in [0.25, 0.3) is 0 Å². The number of benzene rings is 1. The number of rotatable bonds is 6. The molecule has 0 unspecified atom stereocenters. The summed E-state index contributed by atoms with van der Waals surface area (Å²) < 4.78 is 0. The number of carbonyl (C=O) groups excluding carboxylic acids is 1. The van der Waals surface area contributed by atoms with Gasteiger partial charge in [-0.15, -0.1) is 5.10 Å². The molecule has 0 aliphatic carbocycles. The molecule has 0 spiro atoms. The number of nitro benzene ring substituents is 1. The van der Waals surface area contributed by atoms with Crippen molar-refractivity contribution < 1.29 is 9.72 Å². The average molecular weight is 433 g/mol. The van der Waals surface area contributed by atoms with Gasteiger partial charge in [-0.25, -0.2) is 0 Å². The fourth-order valence-corrected chi connectivity index (χ4v) is 3.40. The van der Waals surface area contributed by atoms with Gasteiger partial charge in [0.2, 0.25) is 0 Å². The number of carbonyl (C=O) groups is 1. The summed E-state index contributed by atoms with van der Waals surface area (Å²) in [5.74, 6) is -0.0508. The highest BCUT2D eigenvalue weighted by molar-refractivity contribution is 7.80. The molecular weight excluding hydrogens is 408 g/mol. The zero-order valence-corrected chi connectivity index (χ0v) is 17.7. The average Bonchev–Trinajstić information content (AvgIpc) is 3.13. The summed E-state index contributed by atoms with van der Waals surface area (Å²) in [6, 6.07) is 4.46. The third kappa shape index (κ3) is 5.47. The SMILES string of the molecule is CC(C)Cn1nnc(NC(=S)NC(=O)c2ccc(N3CCCCC3)c([N+](=O)[O-])c2)n1. The zero-order chi connectivity index (χ0) is 21.7. The smallest absolute Gasteiger partial charge is 0.293 e. The molecule has 1 aromatic heterocycles. The number of amides is 1. The Labute approximate surface area is 179 Å². The number of nitro groups is 1. The van der Waals surface area contributed by atoms with Crippen LogP contribution < -0.4 is 15.5 Å². The molecule has 2 heterocycles. The van der Waals surface area contributed by atoms with Crippen molar-refractivity contribution in [3.63, 3.8) is 0 Å². The number of anilines is 2. The van der Waals surface area contributed by atoms with Gasteiger partial charge in [0.1, 0.15) is 5.69 Å². The van der Waals surface area contributed by atoms with Crippen LogP contribution in [0, 0.1) is 16.0 Å². The van der Waals surface area contributed by atoms with Gasteiger partial charge in [0.05, 0.1) is 11.5 Å². The predicted molar refractivity (Wildman–Crippen MR) is 116 cm³/mol. The van der Waals surface area contributed by atoms with Crippen molar-refractivity contribution >= 4 is 40.6 Å². The molecular formula is C18H24N8O3S. The maximum absolute atomic E-state index is 12.5. The van der Waals surface area contributed by atoms with Crippen molar-refractivity contribution in [2.24, 2.45) is 5.92 Å². The van der Waals surface area contributed by atoms with E-state index in [2.05, 4.69) is 26.0 Å². The number of aromatic nitrogens is 4. The molecule has 1 fully saturated rings. The first-order chi connectivity index (χ1) is 14.3. The third-order valence-electron chi connectivity index (χ3n) is 4.56. The van der Waals surface area contributed by atoms with E-state index in [0.29, 0.717) is 18.2 Å². The van der Waals surface area contributed by atoms with Gasteiger partial charge in [-0.1, -0.05) is 18.9 Å². The van der Waals surface area contributed by atoms with E-state index < -0.39 is 10.8 Å². The van der Waals surface area contributed by atoms with Crippen LogP contribution in [0.5, 0.6) is 0 Å². The predicted octanol–water partition coefficient (Wildman–Crippen LogP) is 2.35. The lowest BCUT2D eigenvalue weighted by molar-refractivity contribution is -0.384. The largest absolute Gasteiger partial charge is 0.366 e. The molecule has 1 aliphatic rings. The van der Waals surface area contributed by atoms with Crippen molar-refractivity contribution in [3.05, 3.63) is 33.9 Å². The minimum atomic E-state index is -0.560. The molecule has 12 heteroatoms. The second-order valence-corrected chi connectivity index (χ2v) is 7.89. The fraction of sp³-hybridized carbons (Fsp3) is 0.500. The van der Waals surface area contributed by atoms with Crippen LogP contribution in [0.2, 0.25) is 0 Å². The number of nitrogens with one attached hydrogen (secondary N) is 2. The van der Waals surface area contributed by atoms with Gasteiger partial charge < -0.3 is 4.90 Å². The van der Waals surface area contributed by atoms with Gasteiger partial charge >= 0.3 is 0 Å². The summed E-state index contributed by atoms with van der Waals surface area (Å²) >= 11 is 5.12. The molecule has 1 amide bonds. The standard InChI is InChI=1S/C18H24N8O3S/c1-12(2)11-25-22-17(21-23-25)20-18(30)19-16(27)13-6-7-14(15(10-13)26(28)29)24-8-4-3-5-9-24/h6-7,10,12H,3-5,8-9,11H2,1-2H3,(H2,19,20,22,27,30). The van der Waals surface area contributed by atoms with Gasteiger partial charge in [-0.3, -0.25) is 25.5 Å². The summed E-state index contributed by atoms with van der Waals surface area (Å²) in [5, 5.41) is 28.6. The third-order valence-corrected chi connectivity index (χ3v) is 4.77. The van der Waals surface area contributed by atoms with Crippen molar-refractivity contribution in [3.8, 4) is 0 Å². The van der Waals surface area contributed by atoms with E-state index >= 15 is 0 Å². The first-order valence-corrected chi connectivity index (χ1v) is 10.2. The van der Waals surface area contributed by atoms with Crippen LogP contribution in [0.4, 0.5) is 17.3 Å². The Morgan fingerprint density at radius 2 is 2.03 bits per heavy atom. The maximum atomic E-state index is 12.5. The van der Waals surface area contributed by atoms with E-state index in [4.69, 9.17) is 12.2 Å². The number of hydrogen-bond acceptors (Lipinski definition) is 8. The normalized spacial score (nSPS) is 13.9. The molecule has 0 saturated carbocycles. The molecule has 11 nitrogen and oxygen atoms in total. The first kappa shape index (κ1) is 21.6. The summed E-state index contributed by atoms with van der Waals surface area (Å²) in [5.41, 5.74) is 0.577. The van der Waals surface area contributed by atoms with Gasteiger partial charge in [0, 0.05) is 24.7 Å². The number of thiocarbonyl (C=S) groups is 1. The minimum Gasteiger partial charge on any atom is -0.366 e. The van der Waals surface area contributed by atoms with Gasteiger partial charge in [0.25, 0.3) is 17.5 Å². The Morgan fingerprint density at radius 1 is 1.30 bits per heavy atom. The second kappa shape index (κ2) is 9.57. The molecule has 1 aliphatic heterocycles. The first-order valence-electron chi connectivity index (χ1n) is 9.77. The summed E-state index contributed by atoms with van der Waals surface area (Å²) in [7, 11) is 0. The maximum Gasteiger partial charge on any atom is 0.293 e. The molecule has 0 bridgehead atoms. The Kier molecular flexibility index (Phi) is 6.87. The summed E-state index contributed by atoms with van der Waals surface area (Å²) in [6.45, 7) is 6.19. The zero-order valence-electron chi connectivity index (χ0n) is 16.9. The number of hydrogen-bond donors (Lipinski definition) is 2. The minimum absolute atomic E-state index is 0.0214. The Bertz CT molecular complexity index is 939. The Morgan fingerprint density at radius 3 is 2.70 bits per heavy atom. The molecule has 1 aromatic carbocycles. The van der Waals surface area contributed by atoms with E-state index in [1.165, 1.54) is 10.9 Å². The van der Waals surface area contributed by atoms with Crippen LogP contribution >= 0.6 is 12.2 Å². The Balaban J connectivity index is 1.67. The lowest BCUT2D eigenvalue weighted by Crippen LogP contribution is -2.34. The quantitative estimate of drug-likeness (QED) is 0.401. The van der Waals surface area contributed by atoms with Crippen molar-refractivity contribution in [2.75, 3.05) is 23.3 Å². The molecule has 30 heavy (non-hydrogen) atoms. The van der Waals surface area contributed by atoms with Crippen molar-refractivity contribution in [1.82, 2.24) is 25.5 Å². The number of piperidine rings is 1. The van der Waals surface area contributed by atoms with E-state index in [1.54, 1.807) is 12.1 Å². The summed E-state index contributed by atoms with van der Waals surface area (Å²) in [4.78, 5) is 27.0. The molecule has 0 atom stereocenters. The molecule has 0 radical (unpaired) electrons. The topological polar surface area (TPSA) is 131 Å². The van der Waals surface area contributed by atoms with Gasteiger partial charge in [-0.2, -0.15) is 4.80 Å². The summed E-state index contributed by atoms with van der Waals surface area (Å²) in [6.07, 6.45) is 3.11. The van der Waals surface area contributed by atoms with Gasteiger partial charge in [-0.05, 0) is 54.7 Å². The van der Waals surface area contributed by atoms with E-state index in [-0.39, 0.29) is 22.3 Å². The second-order valence-electron chi connectivity index (χ2n) is 7.48. The number of tetrazole rings is 1. The Hall–Kier alpha value is -3.15. The highest BCUT2D eigenvalue weighted by Gasteiger charge is 2.23. The highest BCUT2D eigenvalue weighted by atomic mass is 32.1. The highest BCUT2D eigenvalue weighted by Crippen LogP contribution is 2.31. The van der Waals surface area contributed by atoms with Gasteiger partial charge in [0.15, 0.2) is 5.11 Å². The van der Waals surface area contributed by atoms with E-state index in [9.17, 15) is 14.9 Å². The van der Waals surface area contributed by atoms with Crippen LogP contribution in [0.1, 0.15) is 43.5 Å². The lowest BCUT2D eigenvalue weighted by atomic mass is 10.1. The molecule has 3 rings (SSSR count). The van der Waals surface area contributed by atoms with Crippen molar-refractivity contribution in [1.29, 1.82) is 0 Å². The molecule has 2 aromatic rings.